The van der Waals surface area contributed by atoms with Crippen molar-refractivity contribution >= 4 is 11.6 Å². The van der Waals surface area contributed by atoms with Crippen LogP contribution in [0.5, 0.6) is 0 Å². The van der Waals surface area contributed by atoms with Crippen LogP contribution in [0.15, 0.2) is 24.3 Å². The molecule has 1 unspecified atom stereocenters. The van der Waals surface area contributed by atoms with Gasteiger partial charge in [-0.2, -0.15) is 5.26 Å². The quantitative estimate of drug-likeness (QED) is 0.825. The van der Waals surface area contributed by atoms with E-state index in [0.29, 0.717) is 0 Å². The normalized spacial score (nSPS) is 12.1. The first-order valence-electron chi connectivity index (χ1n) is 4.58. The Morgan fingerprint density at radius 1 is 1.50 bits per heavy atom. The van der Waals surface area contributed by atoms with Crippen LogP contribution in [0.3, 0.4) is 0 Å². The molecule has 0 saturated heterocycles. The van der Waals surface area contributed by atoms with Crippen molar-refractivity contribution in [3.8, 4) is 6.07 Å². The van der Waals surface area contributed by atoms with E-state index in [2.05, 4.69) is 11.4 Å². The minimum absolute atomic E-state index is 0.0914. The summed E-state index contributed by atoms with van der Waals surface area (Å²) in [6.07, 6.45) is 1.62. The summed E-state index contributed by atoms with van der Waals surface area (Å²) in [6.45, 7) is 0. The number of nitriles is 1. The molecule has 1 aromatic carbocycles. The van der Waals surface area contributed by atoms with E-state index in [9.17, 15) is 0 Å². The molecule has 0 heterocycles. The molecular formula is C11H13ClN2. The Bertz CT molecular complexity index is 330. The molecule has 0 bridgehead atoms. The van der Waals surface area contributed by atoms with Crippen molar-refractivity contribution < 1.29 is 0 Å². The maximum atomic E-state index is 8.73. The van der Waals surface area contributed by atoms with Gasteiger partial charge in [-0.25, -0.2) is 0 Å². The highest BCUT2D eigenvalue weighted by atomic mass is 35.5. The van der Waals surface area contributed by atoms with Crippen molar-refractivity contribution in [1.82, 2.24) is 5.32 Å². The fourth-order valence-corrected chi connectivity index (χ4v) is 1.50. The van der Waals surface area contributed by atoms with Crippen molar-refractivity contribution in [1.29, 1.82) is 5.26 Å². The molecule has 0 radical (unpaired) electrons. The molecule has 0 amide bonds. The van der Waals surface area contributed by atoms with E-state index in [4.69, 9.17) is 16.9 Å². The van der Waals surface area contributed by atoms with Crippen LogP contribution in [-0.2, 0) is 6.42 Å². The summed E-state index contributed by atoms with van der Waals surface area (Å²) in [5.74, 6) is 0. The van der Waals surface area contributed by atoms with E-state index in [1.165, 1.54) is 0 Å². The molecule has 3 heteroatoms. The molecule has 0 aliphatic heterocycles. The topological polar surface area (TPSA) is 35.8 Å². The second kappa shape index (κ2) is 5.64. The van der Waals surface area contributed by atoms with E-state index >= 15 is 0 Å². The first kappa shape index (κ1) is 11.0. The number of hydrogen-bond donors (Lipinski definition) is 1. The standard InChI is InChI=1S/C11H13ClN2/c1-14-10(8-13)7-6-9-4-2-3-5-11(9)12/h2-5,10,14H,6-7H2,1H3. The van der Waals surface area contributed by atoms with Crippen LogP contribution in [0.25, 0.3) is 0 Å². The molecule has 0 fully saturated rings. The van der Waals surface area contributed by atoms with Gasteiger partial charge in [0.2, 0.25) is 0 Å². The SMILES string of the molecule is CNC(C#N)CCc1ccccc1Cl. The first-order chi connectivity index (χ1) is 6.77. The fourth-order valence-electron chi connectivity index (χ4n) is 1.27. The predicted octanol–water partition coefficient (Wildman–Crippen LogP) is 2.38. The lowest BCUT2D eigenvalue weighted by Crippen LogP contribution is -2.23. The molecule has 14 heavy (non-hydrogen) atoms. The van der Waals surface area contributed by atoms with Crippen LogP contribution in [0.2, 0.25) is 5.02 Å². The highest BCUT2D eigenvalue weighted by Crippen LogP contribution is 2.16. The fraction of sp³-hybridized carbons (Fsp3) is 0.364. The summed E-state index contributed by atoms with van der Waals surface area (Å²) in [5, 5.41) is 12.4. The summed E-state index contributed by atoms with van der Waals surface area (Å²) in [6, 6.07) is 9.83. The van der Waals surface area contributed by atoms with Gasteiger partial charge in [-0.3, -0.25) is 0 Å². The van der Waals surface area contributed by atoms with Gasteiger partial charge >= 0.3 is 0 Å². The molecule has 74 valence electrons. The molecule has 0 aromatic heterocycles. The second-order valence-electron chi connectivity index (χ2n) is 3.10. The Balaban J connectivity index is 2.54. The molecule has 1 rings (SSSR count). The van der Waals surface area contributed by atoms with E-state index in [0.717, 1.165) is 23.4 Å². The van der Waals surface area contributed by atoms with Crippen LogP contribution in [0.4, 0.5) is 0 Å². The zero-order chi connectivity index (χ0) is 10.4. The molecule has 0 aliphatic rings. The summed E-state index contributed by atoms with van der Waals surface area (Å²) in [4.78, 5) is 0. The van der Waals surface area contributed by atoms with E-state index < -0.39 is 0 Å². The van der Waals surface area contributed by atoms with Gasteiger partial charge in [0.05, 0.1) is 12.1 Å². The number of halogens is 1. The van der Waals surface area contributed by atoms with Gasteiger partial charge in [0.1, 0.15) is 0 Å². The van der Waals surface area contributed by atoms with Crippen molar-refractivity contribution in [2.45, 2.75) is 18.9 Å². The van der Waals surface area contributed by atoms with Gasteiger partial charge in [-0.1, -0.05) is 29.8 Å². The largest absolute Gasteiger partial charge is 0.305 e. The molecule has 1 N–H and O–H groups in total. The molecule has 0 aliphatic carbocycles. The maximum Gasteiger partial charge on any atom is 0.0953 e. The summed E-state index contributed by atoms with van der Waals surface area (Å²) < 4.78 is 0. The predicted molar refractivity (Wildman–Crippen MR) is 58.2 cm³/mol. The van der Waals surface area contributed by atoms with E-state index in [1.54, 1.807) is 7.05 Å². The minimum Gasteiger partial charge on any atom is -0.305 e. The molecule has 2 nitrogen and oxygen atoms in total. The monoisotopic (exact) mass is 208 g/mol. The highest BCUT2D eigenvalue weighted by Gasteiger charge is 2.05. The lowest BCUT2D eigenvalue weighted by atomic mass is 10.1. The van der Waals surface area contributed by atoms with Crippen molar-refractivity contribution in [2.24, 2.45) is 0 Å². The number of benzene rings is 1. The minimum atomic E-state index is -0.0914. The van der Waals surface area contributed by atoms with Gasteiger partial charge in [0.15, 0.2) is 0 Å². The Labute approximate surface area is 89.5 Å². The Morgan fingerprint density at radius 3 is 2.79 bits per heavy atom. The molecule has 1 atom stereocenters. The highest BCUT2D eigenvalue weighted by molar-refractivity contribution is 6.31. The van der Waals surface area contributed by atoms with Gasteiger partial charge in [0, 0.05) is 5.02 Å². The third-order valence-corrected chi connectivity index (χ3v) is 2.53. The molecule has 0 saturated carbocycles. The van der Waals surface area contributed by atoms with Crippen molar-refractivity contribution in [2.75, 3.05) is 7.05 Å². The number of nitrogens with one attached hydrogen (secondary N) is 1. The number of nitrogens with zero attached hydrogens (tertiary/aromatic N) is 1. The van der Waals surface area contributed by atoms with Gasteiger partial charge < -0.3 is 5.32 Å². The third kappa shape index (κ3) is 3.02. The lowest BCUT2D eigenvalue weighted by molar-refractivity contribution is 0.624. The average Bonchev–Trinajstić information content (AvgIpc) is 2.22. The summed E-state index contributed by atoms with van der Waals surface area (Å²) >= 11 is 5.99. The molecule has 0 spiro atoms. The van der Waals surface area contributed by atoms with Crippen LogP contribution >= 0.6 is 11.6 Å². The van der Waals surface area contributed by atoms with Crippen LogP contribution in [-0.4, -0.2) is 13.1 Å². The van der Waals surface area contributed by atoms with Gasteiger partial charge in [-0.05, 0) is 31.5 Å². The Morgan fingerprint density at radius 2 is 2.21 bits per heavy atom. The molecular weight excluding hydrogens is 196 g/mol. The third-order valence-electron chi connectivity index (χ3n) is 2.16. The van der Waals surface area contributed by atoms with Crippen LogP contribution < -0.4 is 5.32 Å². The zero-order valence-corrected chi connectivity index (χ0v) is 8.88. The average molecular weight is 209 g/mol. The lowest BCUT2D eigenvalue weighted by Gasteiger charge is -2.07. The number of hydrogen-bond acceptors (Lipinski definition) is 2. The second-order valence-corrected chi connectivity index (χ2v) is 3.51. The van der Waals surface area contributed by atoms with Crippen LogP contribution in [0, 0.1) is 11.3 Å². The first-order valence-corrected chi connectivity index (χ1v) is 4.96. The van der Waals surface area contributed by atoms with Crippen molar-refractivity contribution in [3.63, 3.8) is 0 Å². The smallest absolute Gasteiger partial charge is 0.0953 e. The molecule has 1 aromatic rings. The maximum absolute atomic E-state index is 8.73. The Hall–Kier alpha value is -1.04. The number of rotatable bonds is 4. The Kier molecular flexibility index (Phi) is 4.45. The summed E-state index contributed by atoms with van der Waals surface area (Å²) in [7, 11) is 1.79. The van der Waals surface area contributed by atoms with Gasteiger partial charge in [0.25, 0.3) is 0 Å². The summed E-state index contributed by atoms with van der Waals surface area (Å²) in [5.41, 5.74) is 1.10. The van der Waals surface area contributed by atoms with Gasteiger partial charge in [-0.15, -0.1) is 0 Å². The number of aryl methyl sites for hydroxylation is 1. The van der Waals surface area contributed by atoms with Crippen molar-refractivity contribution in [3.05, 3.63) is 34.9 Å². The van der Waals surface area contributed by atoms with E-state index in [-0.39, 0.29) is 6.04 Å². The zero-order valence-electron chi connectivity index (χ0n) is 8.13. The van der Waals surface area contributed by atoms with E-state index in [1.807, 2.05) is 24.3 Å². The van der Waals surface area contributed by atoms with Crippen LogP contribution in [0.1, 0.15) is 12.0 Å².